The van der Waals surface area contributed by atoms with E-state index in [0.29, 0.717) is 19.3 Å². The van der Waals surface area contributed by atoms with E-state index >= 15 is 0 Å². The molecule has 0 aromatic heterocycles. The van der Waals surface area contributed by atoms with Crippen LogP contribution < -0.4 is 14.8 Å². The van der Waals surface area contributed by atoms with Gasteiger partial charge >= 0.3 is 0 Å². The van der Waals surface area contributed by atoms with Crippen LogP contribution in [0.3, 0.4) is 0 Å². The number of benzene rings is 1. The van der Waals surface area contributed by atoms with Crippen molar-refractivity contribution < 1.29 is 14.6 Å². The molecule has 1 aromatic carbocycles. The minimum absolute atomic E-state index is 0.0469. The first kappa shape index (κ1) is 17.1. The van der Waals surface area contributed by atoms with Crippen LogP contribution in [-0.4, -0.2) is 55.5 Å². The number of nitrogens with one attached hydrogen (secondary N) is 1. The van der Waals surface area contributed by atoms with E-state index in [1.54, 1.807) is 0 Å². The number of aliphatic hydroxyl groups excluding tert-OH is 1. The molecule has 1 fully saturated rings. The minimum atomic E-state index is -0.0469. The third-order valence-electron chi connectivity index (χ3n) is 4.08. The Morgan fingerprint density at radius 1 is 1.32 bits per heavy atom. The summed E-state index contributed by atoms with van der Waals surface area (Å²) in [4.78, 5) is 2.34. The first-order valence-corrected chi connectivity index (χ1v) is 8.18. The normalized spacial score (nSPS) is 20.6. The lowest BCUT2D eigenvalue weighted by atomic mass is 10.0. The van der Waals surface area contributed by atoms with Crippen LogP contribution in [0.15, 0.2) is 18.2 Å². The molecule has 1 aliphatic rings. The van der Waals surface area contributed by atoms with E-state index in [2.05, 4.69) is 17.1 Å². The Kier molecular flexibility index (Phi) is 6.49. The first-order valence-electron chi connectivity index (χ1n) is 8.18. The van der Waals surface area contributed by atoms with Crippen LogP contribution in [-0.2, 0) is 0 Å². The zero-order chi connectivity index (χ0) is 15.9. The lowest BCUT2D eigenvalue weighted by molar-refractivity contribution is 0.0704. The van der Waals surface area contributed by atoms with Gasteiger partial charge in [0, 0.05) is 37.3 Å². The van der Waals surface area contributed by atoms with Crippen molar-refractivity contribution >= 4 is 0 Å². The summed E-state index contributed by atoms with van der Waals surface area (Å²) in [6.07, 6.45) is 0. The average molecular weight is 308 g/mol. The van der Waals surface area contributed by atoms with Crippen LogP contribution in [0.5, 0.6) is 11.5 Å². The lowest BCUT2D eigenvalue weighted by Crippen LogP contribution is -2.51. The topological polar surface area (TPSA) is 54.0 Å². The summed E-state index contributed by atoms with van der Waals surface area (Å²) in [5, 5.41) is 13.4. The van der Waals surface area contributed by atoms with E-state index < -0.39 is 0 Å². The predicted molar refractivity (Wildman–Crippen MR) is 87.6 cm³/mol. The number of rotatable bonds is 7. The summed E-state index contributed by atoms with van der Waals surface area (Å²) >= 11 is 0. The predicted octanol–water partition coefficient (Wildman–Crippen LogP) is 1.81. The van der Waals surface area contributed by atoms with Crippen LogP contribution in [0.4, 0.5) is 0 Å². The minimum Gasteiger partial charge on any atom is -0.494 e. The van der Waals surface area contributed by atoms with Crippen LogP contribution >= 0.6 is 0 Å². The maximum Gasteiger partial charge on any atom is 0.127 e. The fraction of sp³-hybridized carbons (Fsp3) is 0.647. The molecule has 124 valence electrons. The molecule has 1 heterocycles. The van der Waals surface area contributed by atoms with E-state index in [4.69, 9.17) is 9.47 Å². The number of nitrogens with zero attached hydrogens (tertiary/aromatic N) is 1. The van der Waals surface area contributed by atoms with Crippen molar-refractivity contribution in [3.05, 3.63) is 23.8 Å². The van der Waals surface area contributed by atoms with E-state index in [-0.39, 0.29) is 12.6 Å². The van der Waals surface area contributed by atoms with Gasteiger partial charge in [-0.15, -0.1) is 0 Å². The molecule has 1 aromatic rings. The number of piperazine rings is 1. The first-order chi connectivity index (χ1) is 10.7. The molecule has 22 heavy (non-hydrogen) atoms. The molecule has 0 aliphatic carbocycles. The van der Waals surface area contributed by atoms with Gasteiger partial charge in [0.1, 0.15) is 11.5 Å². The zero-order valence-electron chi connectivity index (χ0n) is 13.8. The molecule has 5 nitrogen and oxygen atoms in total. The molecule has 1 aliphatic heterocycles. The molecule has 2 atom stereocenters. The summed E-state index contributed by atoms with van der Waals surface area (Å²) in [7, 11) is 0. The molecule has 0 saturated carbocycles. The highest BCUT2D eigenvalue weighted by Crippen LogP contribution is 2.34. The molecule has 0 spiro atoms. The second kappa shape index (κ2) is 8.36. The van der Waals surface area contributed by atoms with Crippen LogP contribution in [0.25, 0.3) is 0 Å². The number of hydrogen-bond donors (Lipinski definition) is 2. The third kappa shape index (κ3) is 3.91. The highest BCUT2D eigenvalue weighted by molar-refractivity contribution is 5.43. The molecule has 0 amide bonds. The second-order valence-electron chi connectivity index (χ2n) is 5.56. The average Bonchev–Trinajstić information content (AvgIpc) is 2.52. The summed E-state index contributed by atoms with van der Waals surface area (Å²) in [6.45, 7) is 10.2. The summed E-state index contributed by atoms with van der Waals surface area (Å²) in [6, 6.07) is 6.24. The van der Waals surface area contributed by atoms with Gasteiger partial charge in [-0.25, -0.2) is 0 Å². The van der Waals surface area contributed by atoms with Gasteiger partial charge < -0.3 is 19.9 Å². The van der Waals surface area contributed by atoms with Crippen molar-refractivity contribution in [2.24, 2.45) is 0 Å². The number of ether oxygens (including phenoxy) is 2. The highest BCUT2D eigenvalue weighted by Gasteiger charge is 2.28. The summed E-state index contributed by atoms with van der Waals surface area (Å²) in [5.41, 5.74) is 1.03. The largest absolute Gasteiger partial charge is 0.494 e. The molecule has 2 unspecified atom stereocenters. The number of aliphatic hydroxyl groups is 1. The molecule has 1 saturated heterocycles. The SMILES string of the molecule is CCOc1ccc(C(CO)N2CCNCC2C)c(OCC)c1. The van der Waals surface area contributed by atoms with Crippen LogP contribution in [0.1, 0.15) is 32.4 Å². The fourth-order valence-corrected chi connectivity index (χ4v) is 3.03. The van der Waals surface area contributed by atoms with Gasteiger partial charge in [0.2, 0.25) is 0 Å². The molecule has 0 bridgehead atoms. The van der Waals surface area contributed by atoms with Gasteiger partial charge in [0.05, 0.1) is 25.9 Å². The van der Waals surface area contributed by atoms with E-state index in [0.717, 1.165) is 36.7 Å². The van der Waals surface area contributed by atoms with Gasteiger partial charge in [-0.05, 0) is 32.9 Å². The summed E-state index contributed by atoms with van der Waals surface area (Å²) in [5.74, 6) is 1.61. The third-order valence-corrected chi connectivity index (χ3v) is 4.08. The van der Waals surface area contributed by atoms with E-state index in [9.17, 15) is 5.11 Å². The molecular weight excluding hydrogens is 280 g/mol. The Balaban J connectivity index is 2.30. The van der Waals surface area contributed by atoms with Crippen molar-refractivity contribution in [2.45, 2.75) is 32.9 Å². The maximum absolute atomic E-state index is 9.97. The second-order valence-corrected chi connectivity index (χ2v) is 5.56. The van der Waals surface area contributed by atoms with Crippen LogP contribution in [0, 0.1) is 0 Å². The smallest absolute Gasteiger partial charge is 0.127 e. The Labute approximate surface area is 133 Å². The number of hydrogen-bond acceptors (Lipinski definition) is 5. The quantitative estimate of drug-likeness (QED) is 0.804. The van der Waals surface area contributed by atoms with E-state index in [1.807, 2.05) is 32.0 Å². The summed E-state index contributed by atoms with van der Waals surface area (Å²) < 4.78 is 11.4. The lowest BCUT2D eigenvalue weighted by Gasteiger charge is -2.39. The standard InChI is InChI=1S/C17H28N2O3/c1-4-21-14-6-7-15(17(10-14)22-5-2)16(12-20)19-9-8-18-11-13(19)3/h6-7,10,13,16,18,20H,4-5,8-9,11-12H2,1-3H3. The van der Waals surface area contributed by atoms with Gasteiger partial charge in [-0.1, -0.05) is 0 Å². The molecule has 0 radical (unpaired) electrons. The van der Waals surface area contributed by atoms with Gasteiger partial charge in [-0.3, -0.25) is 4.90 Å². The Morgan fingerprint density at radius 3 is 2.73 bits per heavy atom. The van der Waals surface area contributed by atoms with Crippen LogP contribution in [0.2, 0.25) is 0 Å². The van der Waals surface area contributed by atoms with Crippen molar-refractivity contribution in [3.8, 4) is 11.5 Å². The fourth-order valence-electron chi connectivity index (χ4n) is 3.03. The van der Waals surface area contributed by atoms with Gasteiger partial charge in [-0.2, -0.15) is 0 Å². The zero-order valence-corrected chi connectivity index (χ0v) is 13.8. The molecule has 2 rings (SSSR count). The van der Waals surface area contributed by atoms with Crippen molar-refractivity contribution in [1.82, 2.24) is 10.2 Å². The molecule has 2 N–H and O–H groups in total. The highest BCUT2D eigenvalue weighted by atomic mass is 16.5. The maximum atomic E-state index is 9.97. The van der Waals surface area contributed by atoms with Gasteiger partial charge in [0.15, 0.2) is 0 Å². The Hall–Kier alpha value is -1.30. The Bertz CT molecular complexity index is 467. The van der Waals surface area contributed by atoms with Crippen molar-refractivity contribution in [2.75, 3.05) is 39.5 Å². The molecule has 5 heteroatoms. The Morgan fingerprint density at radius 2 is 2.09 bits per heavy atom. The molecular formula is C17H28N2O3. The van der Waals surface area contributed by atoms with Crippen molar-refractivity contribution in [3.63, 3.8) is 0 Å². The monoisotopic (exact) mass is 308 g/mol. The van der Waals surface area contributed by atoms with E-state index in [1.165, 1.54) is 0 Å². The van der Waals surface area contributed by atoms with Gasteiger partial charge in [0.25, 0.3) is 0 Å². The van der Waals surface area contributed by atoms with Crippen molar-refractivity contribution in [1.29, 1.82) is 0 Å².